The maximum absolute atomic E-state index is 10.4. The fourth-order valence-electron chi connectivity index (χ4n) is 2.29. The summed E-state index contributed by atoms with van der Waals surface area (Å²) in [4.78, 5) is 10.4. The molecule has 114 valence electrons. The van der Waals surface area contributed by atoms with Crippen LogP contribution in [0.15, 0.2) is 0 Å². The SMILES string of the molecule is CCCCCCCCCCCC.O=C1CCCCN1. The Morgan fingerprint density at radius 3 is 1.53 bits per heavy atom. The molecule has 2 nitrogen and oxygen atoms in total. The summed E-state index contributed by atoms with van der Waals surface area (Å²) in [5, 5.41) is 2.74. The lowest BCUT2D eigenvalue weighted by molar-refractivity contribution is -0.122. The van der Waals surface area contributed by atoms with Gasteiger partial charge in [-0.15, -0.1) is 0 Å². The first kappa shape index (κ1) is 18.5. The smallest absolute Gasteiger partial charge is 0.219 e. The fraction of sp³-hybridized carbons (Fsp3) is 0.941. The van der Waals surface area contributed by atoms with E-state index in [-0.39, 0.29) is 5.91 Å². The van der Waals surface area contributed by atoms with Crippen LogP contribution in [0.2, 0.25) is 0 Å². The summed E-state index contributed by atoms with van der Waals surface area (Å²) in [6.07, 6.45) is 17.4. The topological polar surface area (TPSA) is 29.1 Å². The van der Waals surface area contributed by atoms with Crippen LogP contribution >= 0.6 is 0 Å². The van der Waals surface area contributed by atoms with Gasteiger partial charge in [-0.05, 0) is 12.8 Å². The van der Waals surface area contributed by atoms with E-state index >= 15 is 0 Å². The van der Waals surface area contributed by atoms with E-state index in [9.17, 15) is 4.79 Å². The molecule has 1 heterocycles. The molecule has 1 amide bonds. The van der Waals surface area contributed by atoms with E-state index < -0.39 is 0 Å². The first-order chi connectivity index (χ1) is 9.31. The lowest BCUT2D eigenvalue weighted by atomic mass is 10.1. The first-order valence-electron chi connectivity index (χ1n) is 8.58. The van der Waals surface area contributed by atoms with Crippen molar-refractivity contribution in [3.63, 3.8) is 0 Å². The van der Waals surface area contributed by atoms with Crippen molar-refractivity contribution < 1.29 is 4.79 Å². The van der Waals surface area contributed by atoms with E-state index in [1.54, 1.807) is 0 Å². The van der Waals surface area contributed by atoms with E-state index in [4.69, 9.17) is 0 Å². The van der Waals surface area contributed by atoms with Crippen LogP contribution in [0.3, 0.4) is 0 Å². The molecule has 0 spiro atoms. The average molecular weight is 269 g/mol. The van der Waals surface area contributed by atoms with Gasteiger partial charge in [0, 0.05) is 13.0 Å². The number of rotatable bonds is 9. The third kappa shape index (κ3) is 15.4. The van der Waals surface area contributed by atoms with Crippen LogP contribution in [0, 0.1) is 0 Å². The van der Waals surface area contributed by atoms with Crippen molar-refractivity contribution in [2.24, 2.45) is 0 Å². The predicted octanol–water partition coefficient (Wildman–Crippen LogP) is 5.21. The Kier molecular flexibility index (Phi) is 15.1. The third-order valence-corrected chi connectivity index (χ3v) is 3.61. The lowest BCUT2D eigenvalue weighted by Gasteiger charge is -2.08. The minimum absolute atomic E-state index is 0.214. The van der Waals surface area contributed by atoms with Crippen molar-refractivity contribution in [3.05, 3.63) is 0 Å². The molecule has 1 aliphatic heterocycles. The molecular formula is C17H35NO. The molecule has 1 aliphatic rings. The maximum atomic E-state index is 10.4. The van der Waals surface area contributed by atoms with E-state index in [1.165, 1.54) is 64.2 Å². The predicted molar refractivity (Wildman–Crippen MR) is 84.4 cm³/mol. The fourth-order valence-corrected chi connectivity index (χ4v) is 2.29. The van der Waals surface area contributed by atoms with Crippen LogP contribution < -0.4 is 5.32 Å². The van der Waals surface area contributed by atoms with Crippen molar-refractivity contribution in [3.8, 4) is 0 Å². The van der Waals surface area contributed by atoms with Gasteiger partial charge >= 0.3 is 0 Å². The lowest BCUT2D eigenvalue weighted by Crippen LogP contribution is -2.28. The molecule has 1 saturated heterocycles. The van der Waals surface area contributed by atoms with Gasteiger partial charge in [0.2, 0.25) is 5.91 Å². The highest BCUT2D eigenvalue weighted by Gasteiger charge is 2.04. The highest BCUT2D eigenvalue weighted by Crippen LogP contribution is 2.09. The van der Waals surface area contributed by atoms with Gasteiger partial charge < -0.3 is 5.32 Å². The minimum atomic E-state index is 0.214. The van der Waals surface area contributed by atoms with Crippen LogP contribution in [0.4, 0.5) is 0 Å². The van der Waals surface area contributed by atoms with Crippen molar-refractivity contribution in [1.82, 2.24) is 5.32 Å². The highest BCUT2D eigenvalue weighted by atomic mass is 16.1. The quantitative estimate of drug-likeness (QED) is 0.572. The number of carbonyl (C=O) groups is 1. The van der Waals surface area contributed by atoms with Gasteiger partial charge in [-0.25, -0.2) is 0 Å². The number of hydrogen-bond donors (Lipinski definition) is 1. The van der Waals surface area contributed by atoms with Gasteiger partial charge in [-0.1, -0.05) is 78.1 Å². The van der Waals surface area contributed by atoms with Crippen LogP contribution in [0.5, 0.6) is 0 Å². The number of hydrogen-bond acceptors (Lipinski definition) is 1. The molecule has 2 heteroatoms. The average Bonchev–Trinajstić information content (AvgIpc) is 2.43. The number of piperidine rings is 1. The van der Waals surface area contributed by atoms with Gasteiger partial charge in [0.1, 0.15) is 0 Å². The Hall–Kier alpha value is -0.530. The van der Waals surface area contributed by atoms with Gasteiger partial charge in [0.15, 0.2) is 0 Å². The monoisotopic (exact) mass is 269 g/mol. The molecular weight excluding hydrogens is 234 g/mol. The second-order valence-electron chi connectivity index (χ2n) is 5.64. The highest BCUT2D eigenvalue weighted by molar-refractivity contribution is 5.76. The first-order valence-corrected chi connectivity index (χ1v) is 8.58. The summed E-state index contributed by atoms with van der Waals surface area (Å²) in [7, 11) is 0. The molecule has 1 rings (SSSR count). The summed E-state index contributed by atoms with van der Waals surface area (Å²) in [6, 6.07) is 0. The second-order valence-corrected chi connectivity index (χ2v) is 5.64. The number of amides is 1. The van der Waals surface area contributed by atoms with E-state index in [0.29, 0.717) is 0 Å². The van der Waals surface area contributed by atoms with Crippen LogP contribution in [0.1, 0.15) is 97.3 Å². The van der Waals surface area contributed by atoms with Crippen molar-refractivity contribution in [2.45, 2.75) is 97.3 Å². The van der Waals surface area contributed by atoms with Crippen molar-refractivity contribution in [2.75, 3.05) is 6.54 Å². The summed E-state index contributed by atoms with van der Waals surface area (Å²) in [5.74, 6) is 0.214. The summed E-state index contributed by atoms with van der Waals surface area (Å²) >= 11 is 0. The zero-order valence-corrected chi connectivity index (χ0v) is 13.3. The molecule has 0 atom stereocenters. The third-order valence-electron chi connectivity index (χ3n) is 3.61. The zero-order valence-electron chi connectivity index (χ0n) is 13.3. The van der Waals surface area contributed by atoms with E-state index in [2.05, 4.69) is 19.2 Å². The van der Waals surface area contributed by atoms with E-state index in [0.717, 1.165) is 25.8 Å². The molecule has 0 aromatic carbocycles. The summed E-state index contributed by atoms with van der Waals surface area (Å²) < 4.78 is 0. The molecule has 0 aromatic rings. The molecule has 0 saturated carbocycles. The standard InChI is InChI=1S/C12H26.C5H9NO/c1-3-5-7-9-11-12-10-8-6-4-2;7-5-3-1-2-4-6-5/h3-12H2,1-2H3;1-4H2,(H,6,7). The summed E-state index contributed by atoms with van der Waals surface area (Å²) in [5.41, 5.74) is 0. The summed E-state index contributed by atoms with van der Waals surface area (Å²) in [6.45, 7) is 5.45. The molecule has 0 aliphatic carbocycles. The van der Waals surface area contributed by atoms with Crippen molar-refractivity contribution in [1.29, 1.82) is 0 Å². The largest absolute Gasteiger partial charge is 0.356 e. The van der Waals surface area contributed by atoms with Gasteiger partial charge in [0.25, 0.3) is 0 Å². The number of unbranched alkanes of at least 4 members (excludes halogenated alkanes) is 9. The Morgan fingerprint density at radius 2 is 1.26 bits per heavy atom. The molecule has 0 radical (unpaired) electrons. The Balaban J connectivity index is 0.000000388. The van der Waals surface area contributed by atoms with Crippen LogP contribution in [-0.4, -0.2) is 12.5 Å². The van der Waals surface area contributed by atoms with Crippen molar-refractivity contribution >= 4 is 5.91 Å². The molecule has 0 bridgehead atoms. The van der Waals surface area contributed by atoms with Gasteiger partial charge in [0.05, 0.1) is 0 Å². The van der Waals surface area contributed by atoms with Gasteiger partial charge in [-0.3, -0.25) is 4.79 Å². The molecule has 0 aromatic heterocycles. The number of nitrogens with one attached hydrogen (secondary N) is 1. The Morgan fingerprint density at radius 1 is 0.789 bits per heavy atom. The number of carbonyl (C=O) groups excluding carboxylic acids is 1. The Bertz CT molecular complexity index is 174. The molecule has 1 fully saturated rings. The van der Waals surface area contributed by atoms with Gasteiger partial charge in [-0.2, -0.15) is 0 Å². The molecule has 1 N–H and O–H groups in total. The molecule has 0 unspecified atom stereocenters. The molecule has 19 heavy (non-hydrogen) atoms. The minimum Gasteiger partial charge on any atom is -0.356 e. The van der Waals surface area contributed by atoms with E-state index in [1.807, 2.05) is 0 Å². The van der Waals surface area contributed by atoms with Crippen LogP contribution in [0.25, 0.3) is 0 Å². The van der Waals surface area contributed by atoms with Crippen LogP contribution in [-0.2, 0) is 4.79 Å². The zero-order chi connectivity index (χ0) is 14.2. The Labute approximate surface area is 120 Å². The maximum Gasteiger partial charge on any atom is 0.219 e. The second kappa shape index (κ2) is 15.5. The normalized spacial score (nSPS) is 14.5.